The molecule has 110 valence electrons. The molecular formula is C16H30N2O. The predicted octanol–water partition coefficient (Wildman–Crippen LogP) is 2.40. The quantitative estimate of drug-likeness (QED) is 0.852. The Bertz CT molecular complexity index is 286. The normalized spacial score (nSPS) is 40.9. The van der Waals surface area contributed by atoms with E-state index < -0.39 is 0 Å². The first kappa shape index (κ1) is 13.8. The number of hydrogen-bond acceptors (Lipinski definition) is 3. The molecule has 1 saturated carbocycles. The third-order valence-electron chi connectivity index (χ3n) is 5.73. The second-order valence-corrected chi connectivity index (χ2v) is 7.08. The van der Waals surface area contributed by atoms with Crippen LogP contribution < -0.4 is 5.73 Å². The van der Waals surface area contributed by atoms with Crippen molar-refractivity contribution in [1.29, 1.82) is 0 Å². The average Bonchev–Trinajstić information content (AvgIpc) is 2.49. The highest BCUT2D eigenvalue weighted by Gasteiger charge is 2.39. The van der Waals surface area contributed by atoms with Gasteiger partial charge in [0.15, 0.2) is 0 Å². The standard InChI is InChI=1S/C16H30N2O/c17-11-16(8-4-10-19-13-16)12-18-9-3-6-14-5-1-2-7-15(14)18/h14-15H,1-13,17H2/t14-,15-,16?/m1/s1. The van der Waals surface area contributed by atoms with Crippen molar-refractivity contribution in [2.75, 3.05) is 32.8 Å². The van der Waals surface area contributed by atoms with Crippen molar-refractivity contribution in [2.24, 2.45) is 17.1 Å². The first-order valence-electron chi connectivity index (χ1n) is 8.35. The van der Waals surface area contributed by atoms with Crippen LogP contribution in [0.15, 0.2) is 0 Å². The van der Waals surface area contributed by atoms with Gasteiger partial charge in [-0.15, -0.1) is 0 Å². The molecule has 1 aliphatic carbocycles. The second-order valence-electron chi connectivity index (χ2n) is 7.08. The molecule has 2 heterocycles. The number of ether oxygens (including phenoxy) is 1. The van der Waals surface area contributed by atoms with Crippen LogP contribution in [-0.2, 0) is 4.74 Å². The maximum atomic E-state index is 6.12. The minimum Gasteiger partial charge on any atom is -0.381 e. The summed E-state index contributed by atoms with van der Waals surface area (Å²) in [5, 5.41) is 0. The number of likely N-dealkylation sites (tertiary alicyclic amines) is 1. The Labute approximate surface area is 117 Å². The van der Waals surface area contributed by atoms with Gasteiger partial charge >= 0.3 is 0 Å². The second kappa shape index (κ2) is 6.11. The molecule has 0 radical (unpaired) electrons. The molecule has 3 fully saturated rings. The summed E-state index contributed by atoms with van der Waals surface area (Å²) in [5.74, 6) is 0.974. The Balaban J connectivity index is 1.66. The summed E-state index contributed by atoms with van der Waals surface area (Å²) in [6.45, 7) is 5.10. The Hall–Kier alpha value is -0.120. The summed E-state index contributed by atoms with van der Waals surface area (Å²) in [4.78, 5) is 2.79. The van der Waals surface area contributed by atoms with Crippen LogP contribution in [0, 0.1) is 11.3 Å². The Morgan fingerprint density at radius 1 is 1.11 bits per heavy atom. The highest BCUT2D eigenvalue weighted by atomic mass is 16.5. The van der Waals surface area contributed by atoms with E-state index in [1.807, 2.05) is 0 Å². The van der Waals surface area contributed by atoms with Crippen LogP contribution in [0.1, 0.15) is 51.4 Å². The van der Waals surface area contributed by atoms with Gasteiger partial charge in [-0.25, -0.2) is 0 Å². The van der Waals surface area contributed by atoms with Crippen molar-refractivity contribution >= 4 is 0 Å². The van der Waals surface area contributed by atoms with Crippen LogP contribution in [0.3, 0.4) is 0 Å². The number of rotatable bonds is 3. The van der Waals surface area contributed by atoms with E-state index in [1.165, 1.54) is 64.5 Å². The summed E-state index contributed by atoms with van der Waals surface area (Å²) in [6, 6.07) is 0.854. The number of piperidine rings is 1. The molecule has 0 aromatic heterocycles. The fourth-order valence-electron chi connectivity index (χ4n) is 4.62. The van der Waals surface area contributed by atoms with Crippen LogP contribution in [0.2, 0.25) is 0 Å². The van der Waals surface area contributed by atoms with Crippen molar-refractivity contribution in [3.05, 3.63) is 0 Å². The highest BCUT2D eigenvalue weighted by molar-refractivity contribution is 4.93. The van der Waals surface area contributed by atoms with Gasteiger partial charge < -0.3 is 10.5 Å². The maximum Gasteiger partial charge on any atom is 0.0546 e. The lowest BCUT2D eigenvalue weighted by molar-refractivity contribution is -0.0462. The number of nitrogens with two attached hydrogens (primary N) is 1. The number of hydrogen-bond donors (Lipinski definition) is 1. The van der Waals surface area contributed by atoms with E-state index >= 15 is 0 Å². The molecule has 3 aliphatic rings. The largest absolute Gasteiger partial charge is 0.381 e. The zero-order valence-corrected chi connectivity index (χ0v) is 12.3. The van der Waals surface area contributed by atoms with Crippen molar-refractivity contribution < 1.29 is 4.74 Å². The van der Waals surface area contributed by atoms with Crippen LogP contribution in [0.25, 0.3) is 0 Å². The van der Waals surface area contributed by atoms with E-state index in [2.05, 4.69) is 4.90 Å². The van der Waals surface area contributed by atoms with Crippen molar-refractivity contribution in [3.63, 3.8) is 0 Å². The minimum atomic E-state index is 0.248. The fourth-order valence-corrected chi connectivity index (χ4v) is 4.62. The highest BCUT2D eigenvalue weighted by Crippen LogP contribution is 2.38. The summed E-state index contributed by atoms with van der Waals surface area (Å²) in [5.41, 5.74) is 6.36. The zero-order valence-electron chi connectivity index (χ0n) is 12.3. The molecule has 1 unspecified atom stereocenters. The summed E-state index contributed by atoms with van der Waals surface area (Å²) in [6.07, 6.45) is 11.1. The van der Waals surface area contributed by atoms with Crippen LogP contribution >= 0.6 is 0 Å². The van der Waals surface area contributed by atoms with E-state index in [4.69, 9.17) is 10.5 Å². The van der Waals surface area contributed by atoms with E-state index in [9.17, 15) is 0 Å². The molecule has 0 aromatic carbocycles. The molecule has 3 heteroatoms. The SMILES string of the molecule is NCC1(CN2CCC[C@H]3CCCC[C@H]32)CCCOC1. The molecule has 0 aromatic rings. The molecular weight excluding hydrogens is 236 g/mol. The first-order valence-corrected chi connectivity index (χ1v) is 8.35. The van der Waals surface area contributed by atoms with Crippen molar-refractivity contribution in [1.82, 2.24) is 4.90 Å². The Morgan fingerprint density at radius 2 is 1.95 bits per heavy atom. The molecule has 3 atom stereocenters. The molecule has 0 spiro atoms. The molecule has 2 N–H and O–H groups in total. The van der Waals surface area contributed by atoms with Gasteiger partial charge in [-0.3, -0.25) is 4.90 Å². The maximum absolute atomic E-state index is 6.12. The van der Waals surface area contributed by atoms with E-state index in [0.717, 1.165) is 31.7 Å². The van der Waals surface area contributed by atoms with Crippen LogP contribution in [0.4, 0.5) is 0 Å². The van der Waals surface area contributed by atoms with Gasteiger partial charge in [-0.2, -0.15) is 0 Å². The molecule has 19 heavy (non-hydrogen) atoms. The Morgan fingerprint density at radius 3 is 2.74 bits per heavy atom. The minimum absolute atomic E-state index is 0.248. The van der Waals surface area contributed by atoms with Gasteiger partial charge in [0, 0.05) is 31.2 Å². The van der Waals surface area contributed by atoms with Crippen LogP contribution in [0.5, 0.6) is 0 Å². The molecule has 3 rings (SSSR count). The third kappa shape index (κ3) is 2.98. The topological polar surface area (TPSA) is 38.5 Å². The van der Waals surface area contributed by atoms with Gasteiger partial charge in [-0.05, 0) is 51.0 Å². The van der Waals surface area contributed by atoms with Crippen LogP contribution in [-0.4, -0.2) is 43.8 Å². The molecule has 2 saturated heterocycles. The summed E-state index contributed by atoms with van der Waals surface area (Å²) in [7, 11) is 0. The molecule has 3 nitrogen and oxygen atoms in total. The van der Waals surface area contributed by atoms with Gasteiger partial charge in [0.05, 0.1) is 6.61 Å². The lowest BCUT2D eigenvalue weighted by atomic mass is 9.75. The van der Waals surface area contributed by atoms with E-state index in [1.54, 1.807) is 0 Å². The lowest BCUT2D eigenvalue weighted by Crippen LogP contribution is -2.54. The zero-order chi connectivity index (χ0) is 13.1. The number of fused-ring (bicyclic) bond motifs is 1. The van der Waals surface area contributed by atoms with Gasteiger partial charge in [0.2, 0.25) is 0 Å². The molecule has 2 aliphatic heterocycles. The number of nitrogens with zero attached hydrogens (tertiary/aromatic N) is 1. The summed E-state index contributed by atoms with van der Waals surface area (Å²) >= 11 is 0. The third-order valence-corrected chi connectivity index (χ3v) is 5.73. The van der Waals surface area contributed by atoms with E-state index in [0.29, 0.717) is 0 Å². The lowest BCUT2D eigenvalue weighted by Gasteiger charge is -2.48. The predicted molar refractivity (Wildman–Crippen MR) is 78.1 cm³/mol. The van der Waals surface area contributed by atoms with Crippen molar-refractivity contribution in [3.8, 4) is 0 Å². The van der Waals surface area contributed by atoms with Crippen molar-refractivity contribution in [2.45, 2.75) is 57.4 Å². The monoisotopic (exact) mass is 266 g/mol. The molecule has 0 bridgehead atoms. The van der Waals surface area contributed by atoms with E-state index in [-0.39, 0.29) is 5.41 Å². The smallest absolute Gasteiger partial charge is 0.0546 e. The Kier molecular flexibility index (Phi) is 4.45. The fraction of sp³-hybridized carbons (Fsp3) is 1.00. The first-order chi connectivity index (χ1) is 9.33. The van der Waals surface area contributed by atoms with Gasteiger partial charge in [0.25, 0.3) is 0 Å². The average molecular weight is 266 g/mol. The van der Waals surface area contributed by atoms with Gasteiger partial charge in [0.1, 0.15) is 0 Å². The molecule has 0 amide bonds. The van der Waals surface area contributed by atoms with Gasteiger partial charge in [-0.1, -0.05) is 12.8 Å². The summed E-state index contributed by atoms with van der Waals surface area (Å²) < 4.78 is 5.75.